The van der Waals surface area contributed by atoms with Crippen LogP contribution in [0.4, 0.5) is 0 Å². The van der Waals surface area contributed by atoms with E-state index < -0.39 is 10.7 Å². The van der Waals surface area contributed by atoms with Crippen molar-refractivity contribution in [3.05, 3.63) is 0 Å². The van der Waals surface area contributed by atoms with Crippen LogP contribution in [0, 0.1) is 11.3 Å². The first kappa shape index (κ1) is 11.9. The number of rotatable bonds is 4. The Hall–Kier alpha value is -0.180. The van der Waals surface area contributed by atoms with Crippen LogP contribution in [0.1, 0.15) is 40.5 Å². The largest absolute Gasteiger partial charge is 0.480 e. The average Bonchev–Trinajstić information content (AvgIpc) is 1.95. The molecule has 0 unspecified atom stereocenters. The Balaban J connectivity index is 2.55. The average molecular weight is 216 g/mol. The normalized spacial score (nSPS) is 23.2. The second kappa shape index (κ2) is 3.76. The molecule has 82 valence electrons. The summed E-state index contributed by atoms with van der Waals surface area (Å²) in [6.07, 6.45) is 1.62. The molecule has 0 spiro atoms. The zero-order valence-electron chi connectivity index (χ0n) is 9.46. The van der Waals surface area contributed by atoms with E-state index >= 15 is 0 Å². The van der Waals surface area contributed by atoms with Crippen molar-refractivity contribution in [1.82, 2.24) is 0 Å². The van der Waals surface area contributed by atoms with Gasteiger partial charge in [-0.1, -0.05) is 27.7 Å². The summed E-state index contributed by atoms with van der Waals surface area (Å²) in [6, 6.07) is 0. The van der Waals surface area contributed by atoms with Crippen molar-refractivity contribution >= 4 is 17.7 Å². The van der Waals surface area contributed by atoms with Crippen LogP contribution < -0.4 is 0 Å². The van der Waals surface area contributed by atoms with Gasteiger partial charge < -0.3 is 5.11 Å². The van der Waals surface area contributed by atoms with Gasteiger partial charge in [-0.05, 0) is 29.9 Å². The van der Waals surface area contributed by atoms with Crippen molar-refractivity contribution in [1.29, 1.82) is 0 Å². The fourth-order valence-corrected chi connectivity index (χ4v) is 3.90. The lowest BCUT2D eigenvalue weighted by Crippen LogP contribution is -2.52. The van der Waals surface area contributed by atoms with Gasteiger partial charge in [0.15, 0.2) is 0 Å². The molecule has 3 heteroatoms. The molecule has 0 aromatic rings. The summed E-state index contributed by atoms with van der Waals surface area (Å²) in [5.74, 6) is 0.893. The molecule has 0 amide bonds. The summed E-state index contributed by atoms with van der Waals surface area (Å²) in [5, 5.41) is 9.21. The van der Waals surface area contributed by atoms with Crippen LogP contribution in [-0.4, -0.2) is 21.6 Å². The first-order valence-electron chi connectivity index (χ1n) is 5.15. The Kier molecular flexibility index (Phi) is 3.20. The van der Waals surface area contributed by atoms with E-state index in [0.717, 1.165) is 18.6 Å². The lowest BCUT2D eigenvalue weighted by Gasteiger charge is -2.50. The van der Waals surface area contributed by atoms with Gasteiger partial charge in [-0.3, -0.25) is 4.79 Å². The van der Waals surface area contributed by atoms with Crippen molar-refractivity contribution in [3.8, 4) is 0 Å². The minimum atomic E-state index is -0.623. The Morgan fingerprint density at radius 1 is 1.43 bits per heavy atom. The van der Waals surface area contributed by atoms with E-state index in [-0.39, 0.29) is 5.41 Å². The van der Waals surface area contributed by atoms with Gasteiger partial charge in [0.25, 0.3) is 0 Å². The molecule has 14 heavy (non-hydrogen) atoms. The third-order valence-corrected chi connectivity index (χ3v) is 4.46. The summed E-state index contributed by atoms with van der Waals surface area (Å²) in [5.41, 5.74) is 0.225. The summed E-state index contributed by atoms with van der Waals surface area (Å²) < 4.78 is -0.478. The van der Waals surface area contributed by atoms with Crippen LogP contribution in [0.2, 0.25) is 0 Å². The summed E-state index contributed by atoms with van der Waals surface area (Å²) in [7, 11) is 0. The van der Waals surface area contributed by atoms with E-state index in [1.165, 1.54) is 0 Å². The SMILES string of the molecule is CC(C)CSC1(C(=O)O)CC(C)(C)C1. The third kappa shape index (κ3) is 2.44. The first-order valence-corrected chi connectivity index (χ1v) is 6.13. The molecule has 0 saturated heterocycles. The highest BCUT2D eigenvalue weighted by Crippen LogP contribution is 2.55. The fourth-order valence-electron chi connectivity index (χ4n) is 2.14. The van der Waals surface area contributed by atoms with Gasteiger partial charge in [0.1, 0.15) is 4.75 Å². The molecule has 0 bridgehead atoms. The molecule has 1 aliphatic carbocycles. The molecule has 0 radical (unpaired) electrons. The molecular weight excluding hydrogens is 196 g/mol. The highest BCUT2D eigenvalue weighted by molar-refractivity contribution is 8.01. The van der Waals surface area contributed by atoms with Gasteiger partial charge in [0.05, 0.1) is 0 Å². The van der Waals surface area contributed by atoms with Gasteiger partial charge in [0, 0.05) is 0 Å². The Bertz CT molecular complexity index is 225. The fraction of sp³-hybridized carbons (Fsp3) is 0.909. The van der Waals surface area contributed by atoms with Crippen molar-refractivity contribution < 1.29 is 9.90 Å². The lowest BCUT2D eigenvalue weighted by atomic mass is 9.64. The molecule has 0 heterocycles. The van der Waals surface area contributed by atoms with Gasteiger partial charge >= 0.3 is 5.97 Å². The highest BCUT2D eigenvalue weighted by Gasteiger charge is 2.54. The van der Waals surface area contributed by atoms with Gasteiger partial charge in [-0.2, -0.15) is 0 Å². The maximum Gasteiger partial charge on any atom is 0.319 e. The van der Waals surface area contributed by atoms with Crippen molar-refractivity contribution in [2.75, 3.05) is 5.75 Å². The van der Waals surface area contributed by atoms with E-state index in [1.54, 1.807) is 11.8 Å². The zero-order valence-corrected chi connectivity index (χ0v) is 10.3. The third-order valence-electron chi connectivity index (χ3n) is 2.61. The number of carboxylic acid groups (broad SMARTS) is 1. The highest BCUT2D eigenvalue weighted by atomic mass is 32.2. The van der Waals surface area contributed by atoms with E-state index in [0.29, 0.717) is 5.92 Å². The molecule has 0 aliphatic heterocycles. The molecule has 1 N–H and O–H groups in total. The minimum Gasteiger partial charge on any atom is -0.480 e. The molecule has 2 nitrogen and oxygen atoms in total. The van der Waals surface area contributed by atoms with Crippen LogP contribution in [0.15, 0.2) is 0 Å². The Labute approximate surface area is 90.5 Å². The maximum absolute atomic E-state index is 11.2. The number of aliphatic carboxylic acids is 1. The molecular formula is C11H20O2S. The predicted octanol–water partition coefficient (Wildman–Crippen LogP) is 3.02. The van der Waals surface area contributed by atoms with Crippen LogP contribution in [-0.2, 0) is 4.79 Å². The second-order valence-corrected chi connectivity index (χ2v) is 6.93. The zero-order chi connectivity index (χ0) is 11.0. The molecule has 0 atom stereocenters. The standard InChI is InChI=1S/C11H20O2S/c1-8(2)5-14-11(9(12)13)6-10(3,4)7-11/h8H,5-7H2,1-4H3,(H,12,13). The van der Waals surface area contributed by atoms with E-state index in [4.69, 9.17) is 0 Å². The summed E-state index contributed by atoms with van der Waals surface area (Å²) in [6.45, 7) is 8.55. The smallest absolute Gasteiger partial charge is 0.319 e. The number of hydrogen-bond donors (Lipinski definition) is 1. The van der Waals surface area contributed by atoms with Crippen LogP contribution in [0.3, 0.4) is 0 Å². The predicted molar refractivity (Wildman–Crippen MR) is 60.7 cm³/mol. The molecule has 1 fully saturated rings. The summed E-state index contributed by atoms with van der Waals surface area (Å²) >= 11 is 1.63. The molecule has 1 rings (SSSR count). The van der Waals surface area contributed by atoms with Crippen molar-refractivity contribution in [3.63, 3.8) is 0 Å². The molecule has 0 aromatic carbocycles. The molecule has 1 saturated carbocycles. The van der Waals surface area contributed by atoms with Crippen LogP contribution in [0.25, 0.3) is 0 Å². The number of carboxylic acids is 1. The Morgan fingerprint density at radius 3 is 2.21 bits per heavy atom. The Morgan fingerprint density at radius 2 is 1.93 bits per heavy atom. The quantitative estimate of drug-likeness (QED) is 0.785. The lowest BCUT2D eigenvalue weighted by molar-refractivity contribution is -0.145. The monoisotopic (exact) mass is 216 g/mol. The molecule has 1 aliphatic rings. The van der Waals surface area contributed by atoms with Crippen molar-refractivity contribution in [2.24, 2.45) is 11.3 Å². The van der Waals surface area contributed by atoms with E-state index in [2.05, 4.69) is 27.7 Å². The van der Waals surface area contributed by atoms with Gasteiger partial charge in [-0.25, -0.2) is 0 Å². The molecule has 0 aromatic heterocycles. The van der Waals surface area contributed by atoms with Gasteiger partial charge in [0.2, 0.25) is 0 Å². The first-order chi connectivity index (χ1) is 6.27. The number of carbonyl (C=O) groups is 1. The maximum atomic E-state index is 11.2. The number of hydrogen-bond acceptors (Lipinski definition) is 2. The van der Waals surface area contributed by atoms with E-state index in [1.807, 2.05) is 0 Å². The van der Waals surface area contributed by atoms with E-state index in [9.17, 15) is 9.90 Å². The summed E-state index contributed by atoms with van der Waals surface area (Å²) in [4.78, 5) is 11.2. The minimum absolute atomic E-state index is 0.225. The van der Waals surface area contributed by atoms with Crippen LogP contribution >= 0.6 is 11.8 Å². The van der Waals surface area contributed by atoms with Gasteiger partial charge in [-0.15, -0.1) is 11.8 Å². The van der Waals surface area contributed by atoms with Crippen molar-refractivity contribution in [2.45, 2.75) is 45.3 Å². The second-order valence-electron chi connectivity index (χ2n) is 5.52. The topological polar surface area (TPSA) is 37.3 Å². The number of thioether (sulfide) groups is 1. The van der Waals surface area contributed by atoms with Crippen LogP contribution in [0.5, 0.6) is 0 Å².